The van der Waals surface area contributed by atoms with Crippen molar-refractivity contribution in [1.82, 2.24) is 19.7 Å². The lowest BCUT2D eigenvalue weighted by atomic mass is 9.92. The number of hydrogen-bond acceptors (Lipinski definition) is 4. The summed E-state index contributed by atoms with van der Waals surface area (Å²) in [5.74, 6) is -1.02. The summed E-state index contributed by atoms with van der Waals surface area (Å²) in [6.07, 6.45) is 0.494. The minimum atomic E-state index is -2.70. The van der Waals surface area contributed by atoms with E-state index in [4.69, 9.17) is 4.98 Å². The third kappa shape index (κ3) is 3.40. The minimum absolute atomic E-state index is 0.218. The van der Waals surface area contributed by atoms with Gasteiger partial charge in [-0.2, -0.15) is 5.10 Å². The van der Waals surface area contributed by atoms with Crippen molar-refractivity contribution >= 4 is 28.5 Å². The highest BCUT2D eigenvalue weighted by atomic mass is 19.3. The molecule has 0 unspecified atom stereocenters. The zero-order valence-electron chi connectivity index (χ0n) is 16.1. The van der Waals surface area contributed by atoms with Crippen LogP contribution in [0, 0.1) is 0 Å². The molecule has 4 rings (SSSR count). The summed E-state index contributed by atoms with van der Waals surface area (Å²) in [5, 5.41) is 14.4. The summed E-state index contributed by atoms with van der Waals surface area (Å²) in [7, 11) is 1.59. The van der Waals surface area contributed by atoms with Gasteiger partial charge in [0.25, 0.3) is 6.43 Å². The largest absolute Gasteiger partial charge is 0.478 e. The third-order valence-electron chi connectivity index (χ3n) is 5.16. The van der Waals surface area contributed by atoms with Crippen molar-refractivity contribution in [2.45, 2.75) is 19.9 Å². The van der Waals surface area contributed by atoms with Gasteiger partial charge in [-0.05, 0) is 24.3 Å². The fourth-order valence-electron chi connectivity index (χ4n) is 3.84. The highest BCUT2D eigenvalue weighted by Gasteiger charge is 2.28. The van der Waals surface area contributed by atoms with E-state index in [0.717, 1.165) is 0 Å². The number of carboxylic acids is 1. The Kier molecular flexibility index (Phi) is 4.87. The Labute approximate surface area is 166 Å². The number of benzene rings is 1. The van der Waals surface area contributed by atoms with Gasteiger partial charge in [0.2, 0.25) is 0 Å². The van der Waals surface area contributed by atoms with Crippen LogP contribution in [0.2, 0.25) is 0 Å². The van der Waals surface area contributed by atoms with Crippen molar-refractivity contribution < 1.29 is 18.7 Å². The fourth-order valence-corrected chi connectivity index (χ4v) is 3.84. The molecule has 0 radical (unpaired) electrons. The van der Waals surface area contributed by atoms with Crippen molar-refractivity contribution in [3.8, 4) is 0 Å². The summed E-state index contributed by atoms with van der Waals surface area (Å²) in [6, 6.07) is 7.09. The zero-order valence-corrected chi connectivity index (χ0v) is 16.1. The lowest BCUT2D eigenvalue weighted by Gasteiger charge is -2.30. The van der Waals surface area contributed by atoms with Crippen LogP contribution in [0.5, 0.6) is 0 Å². The van der Waals surface area contributed by atoms with Crippen molar-refractivity contribution in [2.75, 3.05) is 13.1 Å². The first-order valence-corrected chi connectivity index (χ1v) is 9.29. The van der Waals surface area contributed by atoms with Crippen LogP contribution in [0.15, 0.2) is 30.5 Å². The summed E-state index contributed by atoms with van der Waals surface area (Å²) in [5.41, 5.74) is 2.67. The van der Waals surface area contributed by atoms with Crippen molar-refractivity contribution in [3.63, 3.8) is 0 Å². The molecule has 3 heterocycles. The van der Waals surface area contributed by atoms with Gasteiger partial charge < -0.3 is 5.11 Å². The van der Waals surface area contributed by atoms with Crippen LogP contribution in [0.4, 0.5) is 8.78 Å². The maximum atomic E-state index is 13.4. The number of para-hydroxylation sites is 1. The second-order valence-corrected chi connectivity index (χ2v) is 7.05. The number of nitrogens with zero attached hydrogens (tertiary/aromatic N) is 4. The number of fused-ring (bicyclic) bond motifs is 2. The van der Waals surface area contributed by atoms with Gasteiger partial charge in [0.05, 0.1) is 16.8 Å². The molecule has 0 fully saturated rings. The predicted octanol–water partition coefficient (Wildman–Crippen LogP) is 3.98. The first-order valence-electron chi connectivity index (χ1n) is 9.29. The fraction of sp³-hybridized carbons (Fsp3) is 0.286. The Morgan fingerprint density at radius 1 is 1.31 bits per heavy atom. The average Bonchev–Trinajstić information content (AvgIpc) is 3.06. The average molecular weight is 398 g/mol. The molecule has 0 atom stereocenters. The van der Waals surface area contributed by atoms with E-state index in [1.165, 1.54) is 10.9 Å². The molecule has 0 aliphatic carbocycles. The topological polar surface area (TPSA) is 71.2 Å². The molecule has 29 heavy (non-hydrogen) atoms. The Balaban J connectivity index is 1.99. The monoisotopic (exact) mass is 398 g/mol. The van der Waals surface area contributed by atoms with Crippen LogP contribution in [0.3, 0.4) is 0 Å². The summed E-state index contributed by atoms with van der Waals surface area (Å²) >= 11 is 0. The summed E-state index contributed by atoms with van der Waals surface area (Å²) in [6.45, 7) is 3.60. The molecule has 6 nitrogen and oxygen atoms in total. The molecule has 0 bridgehead atoms. The van der Waals surface area contributed by atoms with Crippen LogP contribution >= 0.6 is 0 Å². The maximum Gasteiger partial charge on any atom is 0.336 e. The molecule has 0 amide bonds. The molecule has 2 aromatic heterocycles. The molecule has 1 aliphatic rings. The van der Waals surface area contributed by atoms with Crippen LogP contribution in [0.1, 0.15) is 46.2 Å². The number of alkyl halides is 2. The Morgan fingerprint density at radius 2 is 2.07 bits per heavy atom. The Hall–Kier alpha value is -3.13. The van der Waals surface area contributed by atoms with Gasteiger partial charge in [-0.15, -0.1) is 0 Å². The molecule has 0 saturated heterocycles. The quantitative estimate of drug-likeness (QED) is 0.720. The second kappa shape index (κ2) is 7.36. The van der Waals surface area contributed by atoms with Crippen LogP contribution in [-0.4, -0.2) is 43.8 Å². The van der Waals surface area contributed by atoms with E-state index in [9.17, 15) is 18.7 Å². The normalized spacial score (nSPS) is 16.0. The smallest absolute Gasteiger partial charge is 0.336 e. The number of rotatable bonds is 4. The molecule has 3 aromatic rings. The molecule has 0 spiro atoms. The standard InChI is InChI=1S/C21H20F2N4O2/c1-3-27-10-13(8-12-9-26(2)25-19(12)20(22)23)18-15(11-27)17(21(28)29)14-6-4-5-7-16(14)24-18/h4-9,20H,3,10-11H2,1-2H3,(H,28,29)/b13-8-. The van der Waals surface area contributed by atoms with Crippen molar-refractivity contribution in [3.05, 3.63) is 58.5 Å². The zero-order chi connectivity index (χ0) is 20.7. The van der Waals surface area contributed by atoms with Gasteiger partial charge in [-0.3, -0.25) is 9.58 Å². The van der Waals surface area contributed by atoms with E-state index in [1.54, 1.807) is 37.4 Å². The van der Waals surface area contributed by atoms with Crippen molar-refractivity contribution in [1.29, 1.82) is 0 Å². The number of aromatic nitrogens is 3. The molecule has 8 heteroatoms. The second-order valence-electron chi connectivity index (χ2n) is 7.05. The van der Waals surface area contributed by atoms with Gasteiger partial charge >= 0.3 is 5.97 Å². The van der Waals surface area contributed by atoms with E-state index in [1.807, 2.05) is 6.92 Å². The molecule has 1 aromatic carbocycles. The van der Waals surface area contributed by atoms with Gasteiger partial charge in [0.1, 0.15) is 5.69 Å². The number of carbonyl (C=O) groups is 1. The Morgan fingerprint density at radius 3 is 2.76 bits per heavy atom. The van der Waals surface area contributed by atoms with Crippen LogP contribution in [-0.2, 0) is 13.6 Å². The van der Waals surface area contributed by atoms with E-state index in [2.05, 4.69) is 10.00 Å². The third-order valence-corrected chi connectivity index (χ3v) is 5.16. The van der Waals surface area contributed by atoms with E-state index in [0.29, 0.717) is 52.9 Å². The molecule has 0 saturated carbocycles. The van der Waals surface area contributed by atoms with Gasteiger partial charge in [-0.1, -0.05) is 25.1 Å². The number of aromatic carboxylic acids is 1. The SMILES string of the molecule is CCN1C/C(=C/c2cn(C)nc2C(F)F)c2nc3ccccc3c(C(=O)O)c2C1. The predicted molar refractivity (Wildman–Crippen MR) is 106 cm³/mol. The summed E-state index contributed by atoms with van der Waals surface area (Å²) in [4.78, 5) is 18.9. The van der Waals surface area contributed by atoms with Gasteiger partial charge in [0.15, 0.2) is 0 Å². The lowest BCUT2D eigenvalue weighted by Crippen LogP contribution is -2.31. The molecular formula is C21H20F2N4O2. The molecule has 1 aliphatic heterocycles. The number of carboxylic acid groups (broad SMARTS) is 1. The van der Waals surface area contributed by atoms with Crippen LogP contribution < -0.4 is 0 Å². The first kappa shape index (κ1) is 19.2. The summed E-state index contributed by atoms with van der Waals surface area (Å²) < 4.78 is 28.2. The highest BCUT2D eigenvalue weighted by Crippen LogP contribution is 2.35. The minimum Gasteiger partial charge on any atom is -0.478 e. The van der Waals surface area contributed by atoms with Gasteiger partial charge in [-0.25, -0.2) is 18.6 Å². The molecular weight excluding hydrogens is 378 g/mol. The number of hydrogen-bond donors (Lipinski definition) is 1. The number of likely N-dealkylation sites (N-methyl/N-ethyl adjacent to an activating group) is 1. The number of aryl methyl sites for hydroxylation is 1. The van der Waals surface area contributed by atoms with Gasteiger partial charge in [0, 0.05) is 42.8 Å². The molecule has 1 N–H and O–H groups in total. The maximum absolute atomic E-state index is 13.4. The first-order chi connectivity index (χ1) is 13.9. The number of pyridine rings is 1. The van der Waals surface area contributed by atoms with E-state index < -0.39 is 12.4 Å². The van der Waals surface area contributed by atoms with E-state index in [-0.39, 0.29) is 11.3 Å². The van der Waals surface area contributed by atoms with E-state index >= 15 is 0 Å². The molecule has 150 valence electrons. The lowest BCUT2D eigenvalue weighted by molar-refractivity contribution is 0.0696. The highest BCUT2D eigenvalue weighted by molar-refractivity contribution is 6.06. The van der Waals surface area contributed by atoms with Crippen molar-refractivity contribution in [2.24, 2.45) is 7.05 Å². The number of halogens is 2. The van der Waals surface area contributed by atoms with Crippen LogP contribution in [0.25, 0.3) is 22.6 Å². The Bertz CT molecular complexity index is 1140.